The Bertz CT molecular complexity index is 933. The van der Waals surface area contributed by atoms with E-state index in [1.807, 2.05) is 49.6 Å². The third-order valence-electron chi connectivity index (χ3n) is 3.68. The minimum absolute atomic E-state index is 0.110. The molecular weight excluding hydrogens is 391 g/mol. The quantitative estimate of drug-likeness (QED) is 0.586. The van der Waals surface area contributed by atoms with Crippen molar-refractivity contribution in [2.24, 2.45) is 0 Å². The van der Waals surface area contributed by atoms with E-state index in [9.17, 15) is 4.79 Å². The maximum Gasteiger partial charge on any atom is 0.264 e. The number of nitrogens with one attached hydrogen (secondary N) is 1. The first kappa shape index (κ1) is 18.7. The van der Waals surface area contributed by atoms with Crippen molar-refractivity contribution in [1.82, 2.24) is 4.98 Å². The largest absolute Gasteiger partial charge is 0.484 e. The van der Waals surface area contributed by atoms with Gasteiger partial charge in [0.25, 0.3) is 5.91 Å². The van der Waals surface area contributed by atoms with Crippen molar-refractivity contribution in [2.45, 2.75) is 13.8 Å². The minimum Gasteiger partial charge on any atom is -0.484 e. The molecule has 1 N–H and O–H groups in total. The van der Waals surface area contributed by atoms with Gasteiger partial charge < -0.3 is 4.74 Å². The Kier molecular flexibility index (Phi) is 5.81. The van der Waals surface area contributed by atoms with E-state index < -0.39 is 0 Å². The van der Waals surface area contributed by atoms with Gasteiger partial charge in [-0.15, -0.1) is 11.3 Å². The highest BCUT2D eigenvalue weighted by Crippen LogP contribution is 2.30. The van der Waals surface area contributed by atoms with Crippen LogP contribution in [0.15, 0.2) is 41.8 Å². The predicted octanol–water partition coefficient (Wildman–Crippen LogP) is 5.75. The molecule has 26 heavy (non-hydrogen) atoms. The molecular formula is C19H16Cl2N2O2S. The first-order chi connectivity index (χ1) is 12.4. The Balaban J connectivity index is 1.62. The number of halogens is 2. The van der Waals surface area contributed by atoms with Crippen LogP contribution in [0.1, 0.15) is 11.1 Å². The number of amides is 1. The topological polar surface area (TPSA) is 51.2 Å². The van der Waals surface area contributed by atoms with Crippen LogP contribution in [0.3, 0.4) is 0 Å². The summed E-state index contributed by atoms with van der Waals surface area (Å²) in [5.74, 6) is 0.325. The van der Waals surface area contributed by atoms with Gasteiger partial charge in [0.1, 0.15) is 5.75 Å². The molecule has 1 aromatic heterocycles. The molecule has 7 heteroatoms. The van der Waals surface area contributed by atoms with Crippen LogP contribution in [-0.2, 0) is 4.79 Å². The van der Waals surface area contributed by atoms with Gasteiger partial charge >= 0.3 is 0 Å². The number of hydrogen-bond donors (Lipinski definition) is 1. The molecule has 1 amide bonds. The molecule has 2 aromatic carbocycles. The van der Waals surface area contributed by atoms with Crippen molar-refractivity contribution in [3.8, 4) is 17.0 Å². The molecule has 0 aliphatic heterocycles. The zero-order valence-electron chi connectivity index (χ0n) is 14.2. The molecule has 0 saturated carbocycles. The molecule has 0 spiro atoms. The average molecular weight is 407 g/mol. The van der Waals surface area contributed by atoms with E-state index >= 15 is 0 Å². The molecule has 4 nitrogen and oxygen atoms in total. The summed E-state index contributed by atoms with van der Waals surface area (Å²) in [7, 11) is 0. The van der Waals surface area contributed by atoms with Crippen LogP contribution in [0.2, 0.25) is 10.0 Å². The lowest BCUT2D eigenvalue weighted by molar-refractivity contribution is -0.118. The summed E-state index contributed by atoms with van der Waals surface area (Å²) in [6, 6.07) is 11.1. The first-order valence-electron chi connectivity index (χ1n) is 7.84. The van der Waals surface area contributed by atoms with Gasteiger partial charge in [-0.05, 0) is 43.2 Å². The van der Waals surface area contributed by atoms with Gasteiger partial charge in [0.15, 0.2) is 11.7 Å². The number of carbonyl (C=O) groups excluding carboxylic acids is 1. The Morgan fingerprint density at radius 2 is 1.88 bits per heavy atom. The number of aromatic nitrogens is 1. The number of hydrogen-bond acceptors (Lipinski definition) is 4. The molecule has 0 aliphatic rings. The SMILES string of the molecule is Cc1cc(OCC(=O)Nc2nc(-c3ccccc3Cl)cs2)cc(C)c1Cl. The summed E-state index contributed by atoms with van der Waals surface area (Å²) in [6.45, 7) is 3.68. The molecule has 1 heterocycles. The molecule has 0 atom stereocenters. The van der Waals surface area contributed by atoms with Crippen LogP contribution < -0.4 is 10.1 Å². The highest BCUT2D eigenvalue weighted by Gasteiger charge is 2.11. The number of rotatable bonds is 5. The fourth-order valence-corrected chi connectivity index (χ4v) is 3.49. The van der Waals surface area contributed by atoms with Gasteiger partial charge in [-0.3, -0.25) is 10.1 Å². The smallest absolute Gasteiger partial charge is 0.264 e. The normalized spacial score (nSPS) is 10.6. The summed E-state index contributed by atoms with van der Waals surface area (Å²) in [4.78, 5) is 16.5. The van der Waals surface area contributed by atoms with Crippen LogP contribution in [0, 0.1) is 13.8 Å². The molecule has 0 unspecified atom stereocenters. The van der Waals surface area contributed by atoms with E-state index in [-0.39, 0.29) is 12.5 Å². The number of thiazole rings is 1. The van der Waals surface area contributed by atoms with Gasteiger partial charge in [-0.2, -0.15) is 0 Å². The standard InChI is InChI=1S/C19H16Cl2N2O2S/c1-11-7-13(8-12(2)18(11)21)25-9-17(24)23-19-22-16(10-26-19)14-5-3-4-6-15(14)20/h3-8,10H,9H2,1-2H3,(H,22,23,24). The van der Waals surface area contributed by atoms with Gasteiger partial charge in [0, 0.05) is 21.0 Å². The average Bonchev–Trinajstić information content (AvgIpc) is 3.06. The predicted molar refractivity (Wildman–Crippen MR) is 108 cm³/mol. The lowest BCUT2D eigenvalue weighted by Crippen LogP contribution is -2.20. The number of anilines is 1. The van der Waals surface area contributed by atoms with Crippen molar-refractivity contribution in [1.29, 1.82) is 0 Å². The zero-order valence-corrected chi connectivity index (χ0v) is 16.5. The Labute approximate surface area is 165 Å². The summed E-state index contributed by atoms with van der Waals surface area (Å²) >= 11 is 13.6. The van der Waals surface area contributed by atoms with Crippen molar-refractivity contribution in [3.05, 3.63) is 63.0 Å². The van der Waals surface area contributed by atoms with E-state index in [2.05, 4.69) is 10.3 Å². The number of ether oxygens (including phenoxy) is 1. The molecule has 134 valence electrons. The highest BCUT2D eigenvalue weighted by molar-refractivity contribution is 7.14. The maximum absolute atomic E-state index is 12.1. The highest BCUT2D eigenvalue weighted by atomic mass is 35.5. The fraction of sp³-hybridized carbons (Fsp3) is 0.158. The first-order valence-corrected chi connectivity index (χ1v) is 9.47. The van der Waals surface area contributed by atoms with Crippen LogP contribution in [0.25, 0.3) is 11.3 Å². The maximum atomic E-state index is 12.1. The number of carbonyl (C=O) groups is 1. The summed E-state index contributed by atoms with van der Waals surface area (Å²) in [6.07, 6.45) is 0. The lowest BCUT2D eigenvalue weighted by Gasteiger charge is -2.09. The second-order valence-electron chi connectivity index (χ2n) is 5.73. The lowest BCUT2D eigenvalue weighted by atomic mass is 10.1. The monoisotopic (exact) mass is 406 g/mol. The van der Waals surface area contributed by atoms with Gasteiger partial charge in [-0.1, -0.05) is 41.4 Å². The van der Waals surface area contributed by atoms with Gasteiger partial charge in [0.2, 0.25) is 0 Å². The second kappa shape index (κ2) is 8.08. The zero-order chi connectivity index (χ0) is 18.7. The third kappa shape index (κ3) is 4.36. The van der Waals surface area contributed by atoms with E-state index in [0.29, 0.717) is 20.9 Å². The minimum atomic E-state index is -0.282. The van der Waals surface area contributed by atoms with Crippen LogP contribution in [-0.4, -0.2) is 17.5 Å². The summed E-state index contributed by atoms with van der Waals surface area (Å²) in [5, 5.41) is 6.41. The summed E-state index contributed by atoms with van der Waals surface area (Å²) < 4.78 is 5.55. The van der Waals surface area contributed by atoms with Gasteiger partial charge in [-0.25, -0.2) is 4.98 Å². The number of nitrogens with zero attached hydrogens (tertiary/aromatic N) is 1. The molecule has 0 radical (unpaired) electrons. The summed E-state index contributed by atoms with van der Waals surface area (Å²) in [5.41, 5.74) is 3.37. The van der Waals surface area contributed by atoms with Gasteiger partial charge in [0.05, 0.1) is 5.69 Å². The van der Waals surface area contributed by atoms with Crippen molar-refractivity contribution in [2.75, 3.05) is 11.9 Å². The fourth-order valence-electron chi connectivity index (χ4n) is 2.42. The van der Waals surface area contributed by atoms with E-state index in [0.717, 1.165) is 22.4 Å². The number of benzene rings is 2. The Morgan fingerprint density at radius 1 is 1.19 bits per heavy atom. The van der Waals surface area contributed by atoms with Crippen molar-refractivity contribution >= 4 is 45.6 Å². The second-order valence-corrected chi connectivity index (χ2v) is 7.37. The van der Waals surface area contributed by atoms with Crippen LogP contribution in [0.4, 0.5) is 5.13 Å². The van der Waals surface area contributed by atoms with E-state index in [1.54, 1.807) is 6.07 Å². The molecule has 0 bridgehead atoms. The van der Waals surface area contributed by atoms with E-state index in [4.69, 9.17) is 27.9 Å². The Morgan fingerprint density at radius 3 is 2.58 bits per heavy atom. The van der Waals surface area contributed by atoms with Crippen LogP contribution >= 0.6 is 34.5 Å². The molecule has 0 fully saturated rings. The van der Waals surface area contributed by atoms with E-state index in [1.165, 1.54) is 11.3 Å². The number of aryl methyl sites for hydroxylation is 2. The van der Waals surface area contributed by atoms with Crippen molar-refractivity contribution in [3.63, 3.8) is 0 Å². The van der Waals surface area contributed by atoms with Crippen molar-refractivity contribution < 1.29 is 9.53 Å². The molecule has 3 rings (SSSR count). The molecule has 0 saturated heterocycles. The Hall–Kier alpha value is -2.08. The molecule has 3 aromatic rings. The third-order valence-corrected chi connectivity index (χ3v) is 5.36. The van der Waals surface area contributed by atoms with Crippen LogP contribution in [0.5, 0.6) is 5.75 Å². The molecule has 0 aliphatic carbocycles.